The summed E-state index contributed by atoms with van der Waals surface area (Å²) >= 11 is 0. The molecule has 136 valence electrons. The molecule has 2 aliphatic rings. The number of hydrogen-bond donors (Lipinski definition) is 1. The Balaban J connectivity index is 1.48. The van der Waals surface area contributed by atoms with Crippen LogP contribution in [-0.4, -0.2) is 42.5 Å². The first-order valence-corrected chi connectivity index (χ1v) is 8.65. The Labute approximate surface area is 145 Å². The summed E-state index contributed by atoms with van der Waals surface area (Å²) < 4.78 is 28.5. The maximum absolute atomic E-state index is 12.2. The molecule has 1 aromatic carbocycles. The molecule has 1 aliphatic carbocycles. The molecule has 1 N–H and O–H groups in total. The lowest BCUT2D eigenvalue weighted by Crippen LogP contribution is -2.36. The lowest BCUT2D eigenvalue weighted by Gasteiger charge is -2.24. The van der Waals surface area contributed by atoms with Crippen LogP contribution < -0.4 is 10.1 Å². The second-order valence-electron chi connectivity index (χ2n) is 6.67. The minimum absolute atomic E-state index is 0.0140. The maximum Gasteiger partial charge on any atom is 0.387 e. The van der Waals surface area contributed by atoms with Crippen LogP contribution in [0.1, 0.15) is 42.5 Å². The van der Waals surface area contributed by atoms with Gasteiger partial charge in [-0.2, -0.15) is 8.78 Å². The Morgan fingerprint density at radius 2 is 1.92 bits per heavy atom. The average Bonchev–Trinajstić information content (AvgIpc) is 3.22. The number of rotatable bonds is 6. The lowest BCUT2D eigenvalue weighted by atomic mass is 10.1. The zero-order valence-electron chi connectivity index (χ0n) is 13.9. The first-order valence-electron chi connectivity index (χ1n) is 8.65. The number of amides is 2. The summed E-state index contributed by atoms with van der Waals surface area (Å²) in [4.78, 5) is 26.3. The number of benzene rings is 1. The van der Waals surface area contributed by atoms with Crippen LogP contribution in [0.4, 0.5) is 8.78 Å². The highest BCUT2D eigenvalue weighted by atomic mass is 19.3. The Morgan fingerprint density at radius 3 is 2.56 bits per heavy atom. The number of likely N-dealkylation sites (tertiary alicyclic amines) is 1. The van der Waals surface area contributed by atoms with Crippen molar-refractivity contribution in [3.8, 4) is 5.75 Å². The highest BCUT2D eigenvalue weighted by molar-refractivity contribution is 5.94. The zero-order valence-corrected chi connectivity index (χ0v) is 13.9. The van der Waals surface area contributed by atoms with Crippen molar-refractivity contribution in [2.75, 3.05) is 13.1 Å². The normalized spacial score (nSPS) is 21.2. The van der Waals surface area contributed by atoms with E-state index in [4.69, 9.17) is 0 Å². The summed E-state index contributed by atoms with van der Waals surface area (Å²) in [5.41, 5.74) is 0.374. The third kappa shape index (κ3) is 4.46. The minimum Gasteiger partial charge on any atom is -0.435 e. The van der Waals surface area contributed by atoms with Gasteiger partial charge in [-0.3, -0.25) is 9.59 Å². The van der Waals surface area contributed by atoms with E-state index in [0.717, 1.165) is 12.8 Å². The van der Waals surface area contributed by atoms with E-state index in [1.807, 2.05) is 4.90 Å². The molecule has 5 nitrogen and oxygen atoms in total. The quantitative estimate of drug-likeness (QED) is 0.856. The highest BCUT2D eigenvalue weighted by Gasteiger charge is 2.35. The molecule has 0 radical (unpaired) electrons. The Hall–Kier alpha value is -2.18. The van der Waals surface area contributed by atoms with Crippen LogP contribution in [-0.2, 0) is 4.79 Å². The van der Waals surface area contributed by atoms with Crippen molar-refractivity contribution in [1.29, 1.82) is 0 Å². The van der Waals surface area contributed by atoms with Gasteiger partial charge in [-0.1, -0.05) is 12.8 Å². The van der Waals surface area contributed by atoms with Crippen LogP contribution in [0.5, 0.6) is 5.75 Å². The van der Waals surface area contributed by atoms with Crippen molar-refractivity contribution >= 4 is 11.8 Å². The van der Waals surface area contributed by atoms with Crippen LogP contribution in [0.25, 0.3) is 0 Å². The molecule has 1 aromatic rings. The van der Waals surface area contributed by atoms with Crippen molar-refractivity contribution in [3.05, 3.63) is 29.8 Å². The molecule has 1 unspecified atom stereocenters. The first-order chi connectivity index (χ1) is 12.0. The Kier molecular flexibility index (Phi) is 5.50. The molecule has 1 heterocycles. The van der Waals surface area contributed by atoms with Crippen LogP contribution in [0.2, 0.25) is 0 Å². The van der Waals surface area contributed by atoms with E-state index in [9.17, 15) is 18.4 Å². The highest BCUT2D eigenvalue weighted by Crippen LogP contribution is 2.29. The van der Waals surface area contributed by atoms with Gasteiger partial charge in [-0.15, -0.1) is 0 Å². The van der Waals surface area contributed by atoms with E-state index < -0.39 is 6.61 Å². The molecule has 0 aromatic heterocycles. The van der Waals surface area contributed by atoms with Crippen molar-refractivity contribution in [2.45, 2.75) is 44.8 Å². The van der Waals surface area contributed by atoms with Gasteiger partial charge >= 0.3 is 6.61 Å². The van der Waals surface area contributed by atoms with E-state index in [1.165, 1.54) is 37.1 Å². The van der Waals surface area contributed by atoms with Crippen molar-refractivity contribution in [2.24, 2.45) is 5.92 Å². The fourth-order valence-electron chi connectivity index (χ4n) is 3.64. The summed E-state index contributed by atoms with van der Waals surface area (Å²) in [7, 11) is 0. The van der Waals surface area contributed by atoms with E-state index in [2.05, 4.69) is 10.1 Å². The number of carbonyl (C=O) groups is 2. The molecule has 1 saturated carbocycles. The van der Waals surface area contributed by atoms with E-state index in [-0.39, 0.29) is 23.5 Å². The molecule has 1 saturated heterocycles. The number of hydrogen-bond acceptors (Lipinski definition) is 3. The number of carbonyl (C=O) groups excluding carboxylic acids is 2. The summed E-state index contributed by atoms with van der Waals surface area (Å²) in [6.45, 7) is -1.75. The van der Waals surface area contributed by atoms with Gasteiger partial charge in [0, 0.05) is 37.0 Å². The Morgan fingerprint density at radius 1 is 1.24 bits per heavy atom. The van der Waals surface area contributed by atoms with E-state index in [1.54, 1.807) is 0 Å². The molecule has 0 bridgehead atoms. The predicted molar refractivity (Wildman–Crippen MR) is 87.5 cm³/mol. The van der Waals surface area contributed by atoms with Gasteiger partial charge in [0.25, 0.3) is 5.91 Å². The standard InChI is InChI=1S/C18H22F2N2O3/c19-18(20)25-15-7-5-13(6-8-15)17(24)21-10-12-9-16(23)22(11-12)14-3-1-2-4-14/h5-8,12,14,18H,1-4,9-11H2,(H,21,24). The number of alkyl halides is 2. The third-order valence-corrected chi connectivity index (χ3v) is 4.90. The molecule has 0 spiro atoms. The predicted octanol–water partition coefficient (Wildman–Crippen LogP) is 2.81. The summed E-state index contributed by atoms with van der Waals surface area (Å²) in [5, 5.41) is 2.83. The maximum atomic E-state index is 12.2. The fourth-order valence-corrected chi connectivity index (χ4v) is 3.64. The minimum atomic E-state index is -2.89. The van der Waals surface area contributed by atoms with Gasteiger partial charge in [-0.05, 0) is 37.1 Å². The van der Waals surface area contributed by atoms with Gasteiger partial charge in [0.2, 0.25) is 5.91 Å². The van der Waals surface area contributed by atoms with E-state index >= 15 is 0 Å². The lowest BCUT2D eigenvalue weighted by molar-refractivity contribution is -0.129. The van der Waals surface area contributed by atoms with Crippen LogP contribution in [0.3, 0.4) is 0 Å². The topological polar surface area (TPSA) is 58.6 Å². The first kappa shape index (κ1) is 17.6. The van der Waals surface area contributed by atoms with Gasteiger partial charge < -0.3 is 15.0 Å². The van der Waals surface area contributed by atoms with Crippen molar-refractivity contribution < 1.29 is 23.1 Å². The SMILES string of the molecule is O=C(NCC1CC(=O)N(C2CCCC2)C1)c1ccc(OC(F)F)cc1. The fraction of sp³-hybridized carbons (Fsp3) is 0.556. The monoisotopic (exact) mass is 352 g/mol. The molecular weight excluding hydrogens is 330 g/mol. The number of ether oxygens (including phenoxy) is 1. The zero-order chi connectivity index (χ0) is 17.8. The second kappa shape index (κ2) is 7.80. The van der Waals surface area contributed by atoms with E-state index in [0.29, 0.717) is 31.1 Å². The summed E-state index contributed by atoms with van der Waals surface area (Å²) in [5.74, 6) is 0.0358. The van der Waals surface area contributed by atoms with Gasteiger partial charge in [0.1, 0.15) is 5.75 Å². The number of nitrogens with zero attached hydrogens (tertiary/aromatic N) is 1. The largest absolute Gasteiger partial charge is 0.435 e. The molecule has 7 heteroatoms. The van der Waals surface area contributed by atoms with Crippen LogP contribution >= 0.6 is 0 Å². The van der Waals surface area contributed by atoms with Crippen LogP contribution in [0, 0.1) is 5.92 Å². The summed E-state index contributed by atoms with van der Waals surface area (Å²) in [6, 6.07) is 5.93. The molecule has 2 fully saturated rings. The molecular formula is C18H22F2N2O3. The van der Waals surface area contributed by atoms with Gasteiger partial charge in [-0.25, -0.2) is 0 Å². The second-order valence-corrected chi connectivity index (χ2v) is 6.67. The number of halogens is 2. The molecule has 25 heavy (non-hydrogen) atoms. The smallest absolute Gasteiger partial charge is 0.387 e. The van der Waals surface area contributed by atoms with Crippen LogP contribution in [0.15, 0.2) is 24.3 Å². The summed E-state index contributed by atoms with van der Waals surface area (Å²) in [6.07, 6.45) is 5.00. The molecule has 1 aliphatic heterocycles. The van der Waals surface area contributed by atoms with Crippen molar-refractivity contribution in [3.63, 3.8) is 0 Å². The van der Waals surface area contributed by atoms with Gasteiger partial charge in [0.05, 0.1) is 0 Å². The molecule has 2 amide bonds. The Bertz CT molecular complexity index is 615. The molecule has 3 rings (SSSR count). The third-order valence-electron chi connectivity index (χ3n) is 4.90. The number of nitrogens with one attached hydrogen (secondary N) is 1. The van der Waals surface area contributed by atoms with Crippen molar-refractivity contribution in [1.82, 2.24) is 10.2 Å². The van der Waals surface area contributed by atoms with Gasteiger partial charge in [0.15, 0.2) is 0 Å². The average molecular weight is 352 g/mol. The molecule has 1 atom stereocenters.